The van der Waals surface area contributed by atoms with Gasteiger partial charge < -0.3 is 15.7 Å². The Morgan fingerprint density at radius 3 is 2.32 bits per heavy atom. The van der Waals surface area contributed by atoms with Crippen LogP contribution in [0.5, 0.6) is 0 Å². The Hall–Kier alpha value is -1.80. The summed E-state index contributed by atoms with van der Waals surface area (Å²) in [5.74, 6) is -0.883. The normalized spacial score (nSPS) is 16.8. The van der Waals surface area contributed by atoms with Crippen LogP contribution < -0.4 is 10.6 Å². The third kappa shape index (κ3) is 3.89. The number of alkyl halides is 3. The summed E-state index contributed by atoms with van der Waals surface area (Å²) in [7, 11) is 0. The van der Waals surface area contributed by atoms with E-state index >= 15 is 0 Å². The van der Waals surface area contributed by atoms with Crippen LogP contribution in [0.1, 0.15) is 15.9 Å². The zero-order chi connectivity index (χ0) is 16.3. The minimum absolute atomic E-state index is 0.0510. The van der Waals surface area contributed by atoms with E-state index in [1.807, 2.05) is 4.90 Å². The minimum atomic E-state index is -4.53. The van der Waals surface area contributed by atoms with E-state index in [2.05, 4.69) is 0 Å². The zero-order valence-electron chi connectivity index (χ0n) is 11.9. The summed E-state index contributed by atoms with van der Waals surface area (Å²) in [6, 6.07) is 3.20. The molecule has 1 aliphatic heterocycles. The van der Waals surface area contributed by atoms with Gasteiger partial charge in [-0.15, -0.1) is 0 Å². The van der Waals surface area contributed by atoms with Crippen LogP contribution in [-0.4, -0.2) is 55.2 Å². The zero-order valence-corrected chi connectivity index (χ0v) is 11.9. The van der Waals surface area contributed by atoms with Crippen LogP contribution in [0, 0.1) is 0 Å². The number of anilines is 1. The fraction of sp³-hybridized carbons (Fsp3) is 0.500. The molecule has 1 aromatic rings. The molecule has 1 amide bonds. The number of rotatable bonds is 4. The molecule has 0 unspecified atom stereocenters. The second kappa shape index (κ2) is 6.53. The largest absolute Gasteiger partial charge is 0.416 e. The third-order valence-electron chi connectivity index (χ3n) is 3.68. The van der Waals surface area contributed by atoms with Gasteiger partial charge in [0.2, 0.25) is 5.91 Å². The number of primary amides is 1. The number of piperazine rings is 1. The van der Waals surface area contributed by atoms with Gasteiger partial charge in [0, 0.05) is 44.0 Å². The second-order valence-electron chi connectivity index (χ2n) is 5.18. The molecule has 8 heteroatoms. The highest BCUT2D eigenvalue weighted by molar-refractivity contribution is 5.94. The second-order valence-corrected chi connectivity index (χ2v) is 5.18. The monoisotopic (exact) mass is 317 g/mol. The first-order chi connectivity index (χ1) is 10.3. The van der Waals surface area contributed by atoms with E-state index in [1.165, 1.54) is 6.07 Å². The number of carbonyl (C=O) groups excluding carboxylic acids is 1. The lowest BCUT2D eigenvalue weighted by Crippen LogP contribution is -2.47. The Bertz CT molecular complexity index is 541. The first kappa shape index (κ1) is 16.6. The van der Waals surface area contributed by atoms with Crippen molar-refractivity contribution in [3.05, 3.63) is 29.3 Å². The molecule has 22 heavy (non-hydrogen) atoms. The van der Waals surface area contributed by atoms with Crippen molar-refractivity contribution in [1.82, 2.24) is 4.90 Å². The number of hydrogen-bond donors (Lipinski definition) is 2. The summed E-state index contributed by atoms with van der Waals surface area (Å²) in [5, 5.41) is 8.89. The Balaban J connectivity index is 2.24. The van der Waals surface area contributed by atoms with E-state index in [-0.39, 0.29) is 12.2 Å². The van der Waals surface area contributed by atoms with Crippen molar-refractivity contribution in [2.45, 2.75) is 6.18 Å². The van der Waals surface area contributed by atoms with Crippen LogP contribution in [-0.2, 0) is 6.18 Å². The number of β-amino-alcohol motifs (C(OH)–C–C–N with tert-alkyl or cyclic N) is 1. The molecule has 0 atom stereocenters. The standard InChI is InChI=1S/C14H18F3N3O2/c15-14(16,17)11-7-10(13(18)22)8-12(9-11)20-3-1-19(2-4-20)5-6-21/h7-9,21H,1-6H2,(H2,18,22). The molecule has 0 saturated carbocycles. The Morgan fingerprint density at radius 1 is 1.18 bits per heavy atom. The van der Waals surface area contributed by atoms with Gasteiger partial charge >= 0.3 is 6.18 Å². The van der Waals surface area contributed by atoms with Gasteiger partial charge in [-0.2, -0.15) is 13.2 Å². The maximum atomic E-state index is 12.9. The van der Waals surface area contributed by atoms with Crippen molar-refractivity contribution in [2.24, 2.45) is 5.73 Å². The Labute approximate surface area is 126 Å². The molecule has 0 aromatic heterocycles. The van der Waals surface area contributed by atoms with Gasteiger partial charge in [0.1, 0.15) is 0 Å². The van der Waals surface area contributed by atoms with E-state index < -0.39 is 17.6 Å². The van der Waals surface area contributed by atoms with Crippen molar-refractivity contribution in [1.29, 1.82) is 0 Å². The molecular weight excluding hydrogens is 299 g/mol. The van der Waals surface area contributed by atoms with Gasteiger partial charge in [-0.25, -0.2) is 0 Å². The van der Waals surface area contributed by atoms with Gasteiger partial charge in [0.25, 0.3) is 0 Å². The highest BCUT2D eigenvalue weighted by atomic mass is 19.4. The van der Waals surface area contributed by atoms with Crippen LogP contribution in [0.3, 0.4) is 0 Å². The summed E-state index contributed by atoms with van der Waals surface area (Å²) < 4.78 is 38.8. The smallest absolute Gasteiger partial charge is 0.395 e. The number of aliphatic hydroxyl groups is 1. The van der Waals surface area contributed by atoms with Crippen molar-refractivity contribution >= 4 is 11.6 Å². The van der Waals surface area contributed by atoms with E-state index in [0.29, 0.717) is 38.4 Å². The van der Waals surface area contributed by atoms with Gasteiger partial charge in [-0.1, -0.05) is 0 Å². The lowest BCUT2D eigenvalue weighted by atomic mass is 10.1. The average molecular weight is 317 g/mol. The molecule has 0 bridgehead atoms. The first-order valence-electron chi connectivity index (χ1n) is 6.91. The van der Waals surface area contributed by atoms with E-state index in [1.54, 1.807) is 4.90 Å². The Kier molecular flexibility index (Phi) is 4.92. The molecule has 122 valence electrons. The molecule has 1 aromatic carbocycles. The number of nitrogens with zero attached hydrogens (tertiary/aromatic N) is 2. The van der Waals surface area contributed by atoms with Crippen LogP contribution in [0.2, 0.25) is 0 Å². The number of amides is 1. The van der Waals surface area contributed by atoms with Crippen LogP contribution in [0.15, 0.2) is 18.2 Å². The molecule has 1 aliphatic rings. The van der Waals surface area contributed by atoms with Gasteiger partial charge in [0.05, 0.1) is 12.2 Å². The molecule has 1 saturated heterocycles. The number of nitrogens with two attached hydrogens (primary N) is 1. The minimum Gasteiger partial charge on any atom is -0.395 e. The molecule has 0 radical (unpaired) electrons. The molecule has 0 spiro atoms. The summed E-state index contributed by atoms with van der Waals surface area (Å²) in [6.45, 7) is 2.93. The molecule has 0 aliphatic carbocycles. The van der Waals surface area contributed by atoms with E-state index in [4.69, 9.17) is 10.8 Å². The SMILES string of the molecule is NC(=O)c1cc(N2CCN(CCO)CC2)cc(C(F)(F)F)c1. The maximum Gasteiger partial charge on any atom is 0.416 e. The van der Waals surface area contributed by atoms with Gasteiger partial charge in [-0.05, 0) is 18.2 Å². The highest BCUT2D eigenvalue weighted by Gasteiger charge is 2.32. The fourth-order valence-electron chi connectivity index (χ4n) is 2.47. The van der Waals surface area contributed by atoms with Crippen LogP contribution >= 0.6 is 0 Å². The number of benzene rings is 1. The summed E-state index contributed by atoms with van der Waals surface area (Å²) in [5.41, 5.74) is 4.44. The average Bonchev–Trinajstić information content (AvgIpc) is 2.47. The number of carbonyl (C=O) groups is 1. The maximum absolute atomic E-state index is 12.9. The van der Waals surface area contributed by atoms with Crippen molar-refractivity contribution in [3.8, 4) is 0 Å². The summed E-state index contributed by atoms with van der Waals surface area (Å²) in [6.07, 6.45) is -4.53. The molecule has 1 heterocycles. The van der Waals surface area contributed by atoms with Crippen LogP contribution in [0.25, 0.3) is 0 Å². The summed E-state index contributed by atoms with van der Waals surface area (Å²) in [4.78, 5) is 15.1. The predicted molar refractivity (Wildman–Crippen MR) is 75.7 cm³/mol. The number of halogens is 3. The lowest BCUT2D eigenvalue weighted by molar-refractivity contribution is -0.137. The van der Waals surface area contributed by atoms with Gasteiger partial charge in [0.15, 0.2) is 0 Å². The highest BCUT2D eigenvalue weighted by Crippen LogP contribution is 2.33. The number of aliphatic hydroxyl groups excluding tert-OH is 1. The topological polar surface area (TPSA) is 69.8 Å². The lowest BCUT2D eigenvalue weighted by Gasteiger charge is -2.36. The molecule has 2 rings (SSSR count). The quantitative estimate of drug-likeness (QED) is 0.866. The van der Waals surface area contributed by atoms with Crippen LogP contribution in [0.4, 0.5) is 18.9 Å². The molecule has 5 nitrogen and oxygen atoms in total. The summed E-state index contributed by atoms with van der Waals surface area (Å²) >= 11 is 0. The number of hydrogen-bond acceptors (Lipinski definition) is 4. The molecular formula is C14H18F3N3O2. The van der Waals surface area contributed by atoms with Crippen molar-refractivity contribution in [3.63, 3.8) is 0 Å². The third-order valence-corrected chi connectivity index (χ3v) is 3.68. The molecule has 1 fully saturated rings. The van der Waals surface area contributed by atoms with E-state index in [9.17, 15) is 18.0 Å². The van der Waals surface area contributed by atoms with Gasteiger partial charge in [-0.3, -0.25) is 9.69 Å². The first-order valence-corrected chi connectivity index (χ1v) is 6.91. The van der Waals surface area contributed by atoms with Crippen molar-refractivity contribution < 1.29 is 23.1 Å². The Morgan fingerprint density at radius 2 is 1.82 bits per heavy atom. The van der Waals surface area contributed by atoms with Crippen molar-refractivity contribution in [2.75, 3.05) is 44.2 Å². The molecule has 3 N–H and O–H groups in total. The fourth-order valence-corrected chi connectivity index (χ4v) is 2.47. The van der Waals surface area contributed by atoms with E-state index in [0.717, 1.165) is 12.1 Å². The predicted octanol–water partition coefficient (Wildman–Crippen LogP) is 0.919.